The van der Waals surface area contributed by atoms with Crippen molar-refractivity contribution in [2.45, 2.75) is 25.9 Å². The smallest absolute Gasteiger partial charge is 0.247 e. The monoisotopic (exact) mass is 433 g/mol. The van der Waals surface area contributed by atoms with E-state index in [4.69, 9.17) is 0 Å². The average molecular weight is 434 g/mol. The number of carbonyl (C=O) groups excluding carboxylic acids is 2. The highest BCUT2D eigenvalue weighted by atomic mass is 32.2. The first-order valence-electron chi connectivity index (χ1n) is 9.56. The van der Waals surface area contributed by atoms with Gasteiger partial charge in [0.15, 0.2) is 0 Å². The number of hydrogen-bond donors (Lipinski definition) is 1. The number of rotatable bonds is 6. The van der Waals surface area contributed by atoms with Gasteiger partial charge in [-0.15, -0.1) is 0 Å². The molecule has 1 aliphatic rings. The minimum absolute atomic E-state index is 0.193. The van der Waals surface area contributed by atoms with Crippen LogP contribution in [0.2, 0.25) is 0 Å². The summed E-state index contributed by atoms with van der Waals surface area (Å²) in [6.45, 7) is 2.54. The van der Waals surface area contributed by atoms with E-state index >= 15 is 0 Å². The van der Waals surface area contributed by atoms with Crippen LogP contribution < -0.4 is 10.2 Å². The number of amides is 2. The Hall–Kier alpha value is -2.78. The Morgan fingerprint density at radius 3 is 2.50 bits per heavy atom. The van der Waals surface area contributed by atoms with Crippen molar-refractivity contribution in [1.29, 1.82) is 0 Å². The molecule has 2 aromatic rings. The lowest BCUT2D eigenvalue weighted by atomic mass is 9.94. The fraction of sp³-hybridized carbons (Fsp3) is 0.333. The molecule has 1 saturated heterocycles. The molecule has 0 bridgehead atoms. The molecule has 9 heteroatoms. The lowest BCUT2D eigenvalue weighted by molar-refractivity contribution is -0.133. The summed E-state index contributed by atoms with van der Waals surface area (Å²) in [6.07, 6.45) is 0. The topological polar surface area (TPSA) is 86.8 Å². The van der Waals surface area contributed by atoms with Crippen molar-refractivity contribution in [1.82, 2.24) is 9.62 Å². The number of nitrogens with zero attached hydrogens (tertiary/aromatic N) is 2. The molecule has 1 fully saturated rings. The second kappa shape index (κ2) is 8.53. The number of benzene rings is 2. The van der Waals surface area contributed by atoms with Gasteiger partial charge in [0.05, 0.1) is 12.3 Å². The summed E-state index contributed by atoms with van der Waals surface area (Å²) in [5, 5.41) is 2.79. The summed E-state index contributed by atoms with van der Waals surface area (Å²) in [5.74, 6) is -1.88. The Balaban J connectivity index is 1.97. The average Bonchev–Trinajstić information content (AvgIpc) is 2.72. The molecular formula is C21H24FN3O4S. The van der Waals surface area contributed by atoms with E-state index in [1.807, 2.05) is 30.3 Å². The van der Waals surface area contributed by atoms with E-state index in [0.717, 1.165) is 15.9 Å². The molecular weight excluding hydrogens is 409 g/mol. The van der Waals surface area contributed by atoms with Gasteiger partial charge in [-0.25, -0.2) is 12.8 Å². The van der Waals surface area contributed by atoms with E-state index in [1.54, 1.807) is 0 Å². The van der Waals surface area contributed by atoms with Gasteiger partial charge in [-0.1, -0.05) is 36.4 Å². The van der Waals surface area contributed by atoms with E-state index in [0.29, 0.717) is 0 Å². The molecule has 0 radical (unpaired) electrons. The van der Waals surface area contributed by atoms with E-state index in [1.165, 1.54) is 36.9 Å². The number of nitrogens with one attached hydrogen (secondary N) is 1. The zero-order valence-electron chi connectivity index (χ0n) is 16.8. The molecule has 30 heavy (non-hydrogen) atoms. The first kappa shape index (κ1) is 21.9. The van der Waals surface area contributed by atoms with Crippen molar-refractivity contribution < 1.29 is 22.4 Å². The first-order valence-corrected chi connectivity index (χ1v) is 11.2. The zero-order valence-corrected chi connectivity index (χ0v) is 17.7. The fourth-order valence-corrected chi connectivity index (χ4v) is 4.65. The van der Waals surface area contributed by atoms with Gasteiger partial charge in [-0.2, -0.15) is 4.31 Å². The normalized spacial score (nSPS) is 20.2. The molecule has 7 nitrogen and oxygen atoms in total. The minimum Gasteiger partial charge on any atom is -0.350 e. The van der Waals surface area contributed by atoms with Crippen LogP contribution in [0.15, 0.2) is 54.6 Å². The van der Waals surface area contributed by atoms with Gasteiger partial charge in [0.25, 0.3) is 0 Å². The fourth-order valence-electron chi connectivity index (χ4n) is 3.53. The highest BCUT2D eigenvalue weighted by Gasteiger charge is 2.50. The summed E-state index contributed by atoms with van der Waals surface area (Å²) in [7, 11) is -3.71. The Morgan fingerprint density at radius 2 is 1.87 bits per heavy atom. The maximum atomic E-state index is 13.8. The number of sulfonamides is 1. The largest absolute Gasteiger partial charge is 0.350 e. The summed E-state index contributed by atoms with van der Waals surface area (Å²) >= 11 is 0. The second-order valence-corrected chi connectivity index (χ2v) is 9.58. The second-order valence-electron chi connectivity index (χ2n) is 7.32. The molecule has 0 saturated carbocycles. The van der Waals surface area contributed by atoms with Crippen LogP contribution in [0.3, 0.4) is 0 Å². The van der Waals surface area contributed by atoms with Gasteiger partial charge in [-0.05, 0) is 37.6 Å². The van der Waals surface area contributed by atoms with Crippen molar-refractivity contribution >= 4 is 27.5 Å². The number of piperazine rings is 1. The maximum absolute atomic E-state index is 13.8. The molecule has 2 amide bonds. The van der Waals surface area contributed by atoms with Crippen LogP contribution in [0, 0.1) is 5.82 Å². The lowest BCUT2D eigenvalue weighted by Gasteiger charge is -2.46. The summed E-state index contributed by atoms with van der Waals surface area (Å²) < 4.78 is 39.8. The third-order valence-corrected chi connectivity index (χ3v) is 6.92. The Labute approximate surface area is 175 Å². The molecule has 2 aromatic carbocycles. The van der Waals surface area contributed by atoms with Crippen LogP contribution in [0.25, 0.3) is 0 Å². The van der Waals surface area contributed by atoms with Crippen molar-refractivity contribution in [3.05, 3.63) is 66.0 Å². The molecule has 0 aliphatic carbocycles. The Morgan fingerprint density at radius 1 is 1.17 bits per heavy atom. The highest BCUT2D eigenvalue weighted by Crippen LogP contribution is 2.31. The van der Waals surface area contributed by atoms with Crippen LogP contribution in [0.1, 0.15) is 19.4 Å². The minimum atomic E-state index is -3.71. The van der Waals surface area contributed by atoms with Crippen LogP contribution in [-0.4, -0.2) is 48.9 Å². The summed E-state index contributed by atoms with van der Waals surface area (Å²) in [6, 6.07) is 14.6. The number of carbonyl (C=O) groups is 2. The van der Waals surface area contributed by atoms with Gasteiger partial charge in [0.2, 0.25) is 21.8 Å². The van der Waals surface area contributed by atoms with Crippen molar-refractivity contribution in [3.8, 4) is 0 Å². The molecule has 160 valence electrons. The third kappa shape index (κ3) is 4.36. The molecule has 0 aromatic heterocycles. The van der Waals surface area contributed by atoms with E-state index in [9.17, 15) is 22.4 Å². The van der Waals surface area contributed by atoms with Gasteiger partial charge >= 0.3 is 0 Å². The van der Waals surface area contributed by atoms with Crippen LogP contribution in [0.5, 0.6) is 0 Å². The van der Waals surface area contributed by atoms with Crippen LogP contribution in [-0.2, 0) is 26.2 Å². The number of halogens is 1. The van der Waals surface area contributed by atoms with Crippen molar-refractivity contribution in [2.75, 3.05) is 23.7 Å². The maximum Gasteiger partial charge on any atom is 0.247 e. The molecule has 1 heterocycles. The summed E-state index contributed by atoms with van der Waals surface area (Å²) in [4.78, 5) is 27.4. The SMILES string of the molecule is CCS(=O)(=O)N1CC(=O)N(c2cccc(F)c2)C(C)(C(=O)NCc2ccccc2)C1. The van der Waals surface area contributed by atoms with Gasteiger partial charge in [-0.3, -0.25) is 14.5 Å². The van der Waals surface area contributed by atoms with Crippen molar-refractivity contribution in [3.63, 3.8) is 0 Å². The molecule has 1 aliphatic heterocycles. The van der Waals surface area contributed by atoms with Gasteiger partial charge < -0.3 is 5.32 Å². The standard InChI is InChI=1S/C21H24FN3O4S/c1-3-30(28,29)24-14-19(26)25(18-11-7-10-17(22)12-18)21(2,15-24)20(27)23-13-16-8-5-4-6-9-16/h4-12H,3,13-15H2,1-2H3,(H,23,27). The van der Waals surface area contributed by atoms with Crippen LogP contribution >= 0.6 is 0 Å². The van der Waals surface area contributed by atoms with E-state index in [2.05, 4.69) is 5.32 Å². The molecule has 1 N–H and O–H groups in total. The predicted molar refractivity (Wildman–Crippen MR) is 112 cm³/mol. The Kier molecular flexibility index (Phi) is 6.23. The van der Waals surface area contributed by atoms with Gasteiger partial charge in [0, 0.05) is 18.8 Å². The molecule has 1 atom stereocenters. The zero-order chi connectivity index (χ0) is 21.9. The number of anilines is 1. The molecule has 0 spiro atoms. The quantitative estimate of drug-likeness (QED) is 0.754. The third-order valence-electron chi connectivity index (χ3n) is 5.15. The first-order chi connectivity index (χ1) is 14.2. The van der Waals surface area contributed by atoms with E-state index < -0.39 is 39.7 Å². The van der Waals surface area contributed by atoms with E-state index in [-0.39, 0.29) is 24.5 Å². The molecule has 3 rings (SSSR count). The summed E-state index contributed by atoms with van der Waals surface area (Å²) in [5.41, 5.74) is -0.502. The number of hydrogen-bond acceptors (Lipinski definition) is 4. The van der Waals surface area contributed by atoms with Crippen molar-refractivity contribution in [2.24, 2.45) is 0 Å². The lowest BCUT2D eigenvalue weighted by Crippen LogP contribution is -2.70. The van der Waals surface area contributed by atoms with Crippen LogP contribution in [0.4, 0.5) is 10.1 Å². The van der Waals surface area contributed by atoms with Gasteiger partial charge in [0.1, 0.15) is 11.4 Å². The highest BCUT2D eigenvalue weighted by molar-refractivity contribution is 7.89. The Bertz CT molecular complexity index is 1050. The molecule has 1 unspecified atom stereocenters. The predicted octanol–water partition coefficient (Wildman–Crippen LogP) is 1.90.